The predicted molar refractivity (Wildman–Crippen MR) is 93.2 cm³/mol. The van der Waals surface area contributed by atoms with E-state index in [1.807, 2.05) is 13.8 Å². The van der Waals surface area contributed by atoms with E-state index in [0.717, 1.165) is 0 Å². The van der Waals surface area contributed by atoms with Crippen molar-refractivity contribution in [3.63, 3.8) is 0 Å². The van der Waals surface area contributed by atoms with Crippen molar-refractivity contribution >= 4 is 17.8 Å². The standard InChI is InChI=1S/C18H25NO7/c1-6-11(2)15(18(22)25-5)19-14(20)10-26-17(21)12-8-7-9-13(23-3)16(12)24-4/h7-9,11,15H,6,10H2,1-5H3,(H,19,20)/t11-,15-/m0/s1. The Labute approximate surface area is 152 Å². The Morgan fingerprint density at radius 2 is 1.81 bits per heavy atom. The van der Waals surface area contributed by atoms with Crippen LogP contribution in [-0.4, -0.2) is 51.8 Å². The average molecular weight is 367 g/mol. The summed E-state index contributed by atoms with van der Waals surface area (Å²) in [7, 11) is 4.09. The summed E-state index contributed by atoms with van der Waals surface area (Å²) in [5.74, 6) is -1.43. The van der Waals surface area contributed by atoms with Gasteiger partial charge < -0.3 is 24.3 Å². The molecule has 0 heterocycles. The quantitative estimate of drug-likeness (QED) is 0.661. The summed E-state index contributed by atoms with van der Waals surface area (Å²) in [5.41, 5.74) is 0.131. The van der Waals surface area contributed by atoms with Crippen LogP contribution in [0.2, 0.25) is 0 Å². The fourth-order valence-corrected chi connectivity index (χ4v) is 2.27. The van der Waals surface area contributed by atoms with Crippen molar-refractivity contribution < 1.29 is 33.3 Å². The third-order valence-electron chi connectivity index (χ3n) is 3.94. The summed E-state index contributed by atoms with van der Waals surface area (Å²) in [6.07, 6.45) is 0.668. The van der Waals surface area contributed by atoms with Gasteiger partial charge in [-0.05, 0) is 18.1 Å². The largest absolute Gasteiger partial charge is 0.493 e. The van der Waals surface area contributed by atoms with Crippen LogP contribution in [0, 0.1) is 5.92 Å². The van der Waals surface area contributed by atoms with E-state index in [9.17, 15) is 14.4 Å². The van der Waals surface area contributed by atoms with E-state index in [0.29, 0.717) is 12.2 Å². The maximum Gasteiger partial charge on any atom is 0.342 e. The summed E-state index contributed by atoms with van der Waals surface area (Å²) in [6.45, 7) is 3.17. The van der Waals surface area contributed by atoms with Crippen molar-refractivity contribution in [3.8, 4) is 11.5 Å². The van der Waals surface area contributed by atoms with Gasteiger partial charge in [0.1, 0.15) is 11.6 Å². The van der Waals surface area contributed by atoms with Crippen molar-refractivity contribution in [1.29, 1.82) is 0 Å². The van der Waals surface area contributed by atoms with Crippen LogP contribution < -0.4 is 14.8 Å². The van der Waals surface area contributed by atoms with Crippen LogP contribution in [0.4, 0.5) is 0 Å². The summed E-state index contributed by atoms with van der Waals surface area (Å²) in [4.78, 5) is 36.1. The maximum atomic E-state index is 12.2. The molecule has 1 amide bonds. The second kappa shape index (κ2) is 10.3. The average Bonchev–Trinajstić information content (AvgIpc) is 2.67. The molecule has 0 aliphatic rings. The number of hydrogen-bond donors (Lipinski definition) is 1. The fourth-order valence-electron chi connectivity index (χ4n) is 2.27. The highest BCUT2D eigenvalue weighted by atomic mass is 16.5. The normalized spacial score (nSPS) is 12.5. The Morgan fingerprint density at radius 3 is 2.35 bits per heavy atom. The second-order valence-electron chi connectivity index (χ2n) is 5.57. The number of carbonyl (C=O) groups excluding carboxylic acids is 3. The van der Waals surface area contributed by atoms with Crippen LogP contribution in [0.15, 0.2) is 18.2 Å². The zero-order chi connectivity index (χ0) is 19.7. The monoisotopic (exact) mass is 367 g/mol. The molecule has 8 nitrogen and oxygen atoms in total. The highest BCUT2D eigenvalue weighted by Gasteiger charge is 2.27. The van der Waals surface area contributed by atoms with Crippen molar-refractivity contribution in [2.24, 2.45) is 5.92 Å². The molecule has 0 spiro atoms. The first-order chi connectivity index (χ1) is 12.4. The zero-order valence-electron chi connectivity index (χ0n) is 15.7. The van der Waals surface area contributed by atoms with Crippen molar-refractivity contribution in [3.05, 3.63) is 23.8 Å². The molecule has 0 radical (unpaired) electrons. The highest BCUT2D eigenvalue weighted by Crippen LogP contribution is 2.31. The minimum absolute atomic E-state index is 0.124. The molecular formula is C18H25NO7. The SMILES string of the molecule is CC[C@H](C)[C@H](NC(=O)COC(=O)c1cccc(OC)c1OC)C(=O)OC. The number of methoxy groups -OCH3 is 3. The van der Waals surface area contributed by atoms with Crippen molar-refractivity contribution in [2.45, 2.75) is 26.3 Å². The molecule has 0 fully saturated rings. The summed E-state index contributed by atoms with van der Waals surface area (Å²) >= 11 is 0. The van der Waals surface area contributed by atoms with E-state index in [-0.39, 0.29) is 17.2 Å². The van der Waals surface area contributed by atoms with Gasteiger partial charge in [0.25, 0.3) is 5.91 Å². The Bertz CT molecular complexity index is 644. The van der Waals surface area contributed by atoms with Gasteiger partial charge in [-0.1, -0.05) is 26.3 Å². The molecule has 0 aliphatic heterocycles. The highest BCUT2D eigenvalue weighted by molar-refractivity contribution is 5.95. The number of para-hydroxylation sites is 1. The van der Waals surface area contributed by atoms with Crippen LogP contribution in [0.5, 0.6) is 11.5 Å². The molecule has 144 valence electrons. The molecule has 0 bridgehead atoms. The van der Waals surface area contributed by atoms with Crippen LogP contribution in [0.1, 0.15) is 30.6 Å². The van der Waals surface area contributed by atoms with Gasteiger partial charge in [0.2, 0.25) is 0 Å². The summed E-state index contributed by atoms with van der Waals surface area (Å²) in [6, 6.07) is 3.93. The number of rotatable bonds is 9. The lowest BCUT2D eigenvalue weighted by Crippen LogP contribution is -2.47. The molecule has 0 aliphatic carbocycles. The lowest BCUT2D eigenvalue weighted by molar-refractivity contribution is -0.147. The van der Waals surface area contributed by atoms with Gasteiger partial charge in [0.05, 0.1) is 21.3 Å². The fraction of sp³-hybridized carbons (Fsp3) is 0.500. The van der Waals surface area contributed by atoms with Crippen LogP contribution >= 0.6 is 0 Å². The molecule has 0 unspecified atom stereocenters. The molecule has 0 aromatic heterocycles. The molecule has 8 heteroatoms. The van der Waals surface area contributed by atoms with E-state index in [1.54, 1.807) is 12.1 Å². The minimum atomic E-state index is -0.803. The third-order valence-corrected chi connectivity index (χ3v) is 3.94. The molecular weight excluding hydrogens is 342 g/mol. The Balaban J connectivity index is 2.75. The first-order valence-corrected chi connectivity index (χ1v) is 8.14. The second-order valence-corrected chi connectivity index (χ2v) is 5.57. The van der Waals surface area contributed by atoms with E-state index in [1.165, 1.54) is 27.4 Å². The topological polar surface area (TPSA) is 100 Å². The van der Waals surface area contributed by atoms with Crippen molar-refractivity contribution in [2.75, 3.05) is 27.9 Å². The molecule has 1 rings (SSSR count). The number of carbonyl (C=O) groups is 3. The number of esters is 2. The van der Waals surface area contributed by atoms with E-state index in [4.69, 9.17) is 18.9 Å². The molecule has 1 aromatic carbocycles. The number of hydrogen-bond acceptors (Lipinski definition) is 7. The minimum Gasteiger partial charge on any atom is -0.493 e. The molecule has 0 saturated heterocycles. The molecule has 0 saturated carbocycles. The Kier molecular flexibility index (Phi) is 8.41. The number of nitrogens with one attached hydrogen (secondary N) is 1. The third kappa shape index (κ3) is 5.37. The van der Waals surface area contributed by atoms with E-state index >= 15 is 0 Å². The number of amides is 1. The van der Waals surface area contributed by atoms with E-state index < -0.39 is 30.5 Å². The van der Waals surface area contributed by atoms with Crippen LogP contribution in [0.25, 0.3) is 0 Å². The first-order valence-electron chi connectivity index (χ1n) is 8.14. The Morgan fingerprint density at radius 1 is 1.12 bits per heavy atom. The number of ether oxygens (including phenoxy) is 4. The van der Waals surface area contributed by atoms with Crippen LogP contribution in [-0.2, 0) is 19.1 Å². The maximum absolute atomic E-state index is 12.2. The van der Waals surface area contributed by atoms with Crippen molar-refractivity contribution in [1.82, 2.24) is 5.32 Å². The molecule has 2 atom stereocenters. The summed E-state index contributed by atoms with van der Waals surface area (Å²) in [5, 5.41) is 2.53. The Hall–Kier alpha value is -2.77. The molecule has 26 heavy (non-hydrogen) atoms. The van der Waals surface area contributed by atoms with E-state index in [2.05, 4.69) is 5.32 Å². The van der Waals surface area contributed by atoms with Gasteiger partial charge in [0, 0.05) is 0 Å². The van der Waals surface area contributed by atoms with Gasteiger partial charge >= 0.3 is 11.9 Å². The van der Waals surface area contributed by atoms with Gasteiger partial charge in [-0.15, -0.1) is 0 Å². The van der Waals surface area contributed by atoms with Gasteiger partial charge in [-0.3, -0.25) is 4.79 Å². The predicted octanol–water partition coefficient (Wildman–Crippen LogP) is 1.56. The number of benzene rings is 1. The molecule has 1 N–H and O–H groups in total. The van der Waals surface area contributed by atoms with Gasteiger partial charge in [0.15, 0.2) is 18.1 Å². The van der Waals surface area contributed by atoms with Gasteiger partial charge in [-0.25, -0.2) is 9.59 Å². The zero-order valence-corrected chi connectivity index (χ0v) is 15.7. The first kappa shape index (κ1) is 21.3. The molecule has 1 aromatic rings. The van der Waals surface area contributed by atoms with Crippen LogP contribution in [0.3, 0.4) is 0 Å². The smallest absolute Gasteiger partial charge is 0.342 e. The lowest BCUT2D eigenvalue weighted by Gasteiger charge is -2.21. The lowest BCUT2D eigenvalue weighted by atomic mass is 9.99. The van der Waals surface area contributed by atoms with Gasteiger partial charge in [-0.2, -0.15) is 0 Å². The summed E-state index contributed by atoms with van der Waals surface area (Å²) < 4.78 is 20.0.